The monoisotopic (exact) mass is 494 g/mol. The van der Waals surface area contributed by atoms with Crippen molar-refractivity contribution >= 4 is 28.9 Å². The molecule has 1 aromatic carbocycles. The first-order valence-corrected chi connectivity index (χ1v) is 11.6. The molecule has 11 heteroatoms. The highest BCUT2D eigenvalue weighted by atomic mass is 35.5. The van der Waals surface area contributed by atoms with Crippen molar-refractivity contribution in [1.82, 2.24) is 25.0 Å². The van der Waals surface area contributed by atoms with Crippen LogP contribution in [0.15, 0.2) is 36.5 Å². The van der Waals surface area contributed by atoms with Gasteiger partial charge in [0.2, 0.25) is 0 Å². The van der Waals surface area contributed by atoms with E-state index in [4.69, 9.17) is 27.9 Å². The number of nitrogens with zero attached hydrogens (tertiary/aromatic N) is 6. The number of aromatic nitrogens is 5. The largest absolute Gasteiger partial charge is 0.424 e. The van der Waals surface area contributed by atoms with Gasteiger partial charge in [-0.1, -0.05) is 29.3 Å². The fourth-order valence-corrected chi connectivity index (χ4v) is 5.35. The van der Waals surface area contributed by atoms with Crippen LogP contribution in [0.2, 0.25) is 10.2 Å². The van der Waals surface area contributed by atoms with E-state index in [1.54, 1.807) is 30.5 Å². The van der Waals surface area contributed by atoms with Crippen LogP contribution in [0.4, 0.5) is 14.5 Å². The number of piperidine rings is 1. The van der Waals surface area contributed by atoms with E-state index in [1.165, 1.54) is 0 Å². The van der Waals surface area contributed by atoms with E-state index in [1.807, 2.05) is 6.07 Å². The van der Waals surface area contributed by atoms with E-state index in [-0.39, 0.29) is 6.01 Å². The van der Waals surface area contributed by atoms with Gasteiger partial charge in [-0.3, -0.25) is 0 Å². The summed E-state index contributed by atoms with van der Waals surface area (Å²) in [7, 11) is 0. The van der Waals surface area contributed by atoms with Crippen LogP contribution in [-0.2, 0) is 13.0 Å². The van der Waals surface area contributed by atoms with Crippen molar-refractivity contribution in [1.29, 1.82) is 0 Å². The number of benzene rings is 1. The zero-order chi connectivity index (χ0) is 22.9. The lowest BCUT2D eigenvalue weighted by atomic mass is 9.82. The lowest BCUT2D eigenvalue weighted by Crippen LogP contribution is -2.42. The lowest BCUT2D eigenvalue weighted by Gasteiger charge is -2.38. The molecule has 2 aliphatic rings. The maximum atomic E-state index is 13.1. The maximum absolute atomic E-state index is 13.1. The Bertz CT molecular complexity index is 1120. The zero-order valence-corrected chi connectivity index (χ0v) is 19.1. The number of halogens is 4. The first kappa shape index (κ1) is 22.3. The smallest absolute Gasteiger partial charge is 0.320 e. The summed E-state index contributed by atoms with van der Waals surface area (Å²) in [6.45, 7) is 1.18. The molecule has 2 bridgehead atoms. The molecule has 2 aromatic heterocycles. The number of fused-ring (bicyclic) bond motifs is 2. The van der Waals surface area contributed by atoms with E-state index in [9.17, 15) is 8.78 Å². The van der Waals surface area contributed by atoms with Gasteiger partial charge in [0, 0.05) is 30.6 Å². The summed E-state index contributed by atoms with van der Waals surface area (Å²) < 4.78 is 33.2. The van der Waals surface area contributed by atoms with E-state index < -0.39 is 13.0 Å². The molecular weight excluding hydrogens is 473 g/mol. The Balaban J connectivity index is 1.32. The SMILES string of the molecule is FC(F)Cn1nc(CC2C3CCC2CN(c2cnnc(Cl)c2)C3)nc1Oc1cccc(Cl)c1. The second-order valence-electron chi connectivity index (χ2n) is 8.55. The third-order valence-electron chi connectivity index (χ3n) is 6.42. The Labute approximate surface area is 199 Å². The van der Waals surface area contributed by atoms with Gasteiger partial charge in [0.25, 0.3) is 6.43 Å². The van der Waals surface area contributed by atoms with Crippen molar-refractivity contribution in [3.8, 4) is 11.8 Å². The summed E-state index contributed by atoms with van der Waals surface area (Å²) in [4.78, 5) is 6.77. The Hall–Kier alpha value is -2.52. The molecule has 3 aromatic rings. The average molecular weight is 495 g/mol. The van der Waals surface area contributed by atoms with Crippen molar-refractivity contribution in [3.63, 3.8) is 0 Å². The molecule has 1 aliphatic carbocycles. The molecule has 7 nitrogen and oxygen atoms in total. The molecule has 1 aliphatic heterocycles. The molecular formula is C22H22Cl2F2N6O. The predicted octanol–water partition coefficient (Wildman–Crippen LogP) is 5.14. The summed E-state index contributed by atoms with van der Waals surface area (Å²) >= 11 is 12.0. The Morgan fingerprint density at radius 2 is 1.91 bits per heavy atom. The predicted molar refractivity (Wildman–Crippen MR) is 120 cm³/mol. The maximum Gasteiger partial charge on any atom is 0.320 e. The van der Waals surface area contributed by atoms with Crippen molar-refractivity contribution in [2.75, 3.05) is 18.0 Å². The van der Waals surface area contributed by atoms with Crippen molar-refractivity contribution in [3.05, 3.63) is 52.5 Å². The standard InChI is InChI=1S/C22H22Cl2F2N6O/c23-15-2-1-3-17(6-15)33-22-28-21(30-32(22)12-20(25)26)8-18-13-4-5-14(18)11-31(10-13)16-7-19(24)29-27-9-16/h1-3,6-7,9,13-14,18,20H,4-5,8,10-12H2. The summed E-state index contributed by atoms with van der Waals surface area (Å²) in [5.41, 5.74) is 0.974. The second-order valence-corrected chi connectivity index (χ2v) is 9.37. The highest BCUT2D eigenvalue weighted by Gasteiger charge is 2.42. The first-order chi connectivity index (χ1) is 15.9. The van der Waals surface area contributed by atoms with Gasteiger partial charge >= 0.3 is 6.01 Å². The average Bonchev–Trinajstić information content (AvgIpc) is 3.22. The van der Waals surface area contributed by atoms with Crippen molar-refractivity contribution < 1.29 is 13.5 Å². The summed E-state index contributed by atoms with van der Waals surface area (Å²) in [6, 6.07) is 8.63. The van der Waals surface area contributed by atoms with E-state index in [2.05, 4.69) is 25.2 Å². The van der Waals surface area contributed by atoms with Crippen LogP contribution in [0.1, 0.15) is 18.7 Å². The normalized spacial score (nSPS) is 22.2. The van der Waals surface area contributed by atoms with Crippen LogP contribution in [0.5, 0.6) is 11.8 Å². The highest BCUT2D eigenvalue weighted by Crippen LogP contribution is 2.44. The quantitative estimate of drug-likeness (QED) is 0.453. The van der Waals surface area contributed by atoms with Crippen LogP contribution < -0.4 is 9.64 Å². The van der Waals surface area contributed by atoms with Gasteiger partial charge in [0.05, 0.1) is 11.9 Å². The number of rotatable bonds is 7. The molecule has 2 fully saturated rings. The number of hydrogen-bond donors (Lipinski definition) is 0. The second kappa shape index (κ2) is 9.38. The van der Waals surface area contributed by atoms with Crippen LogP contribution >= 0.6 is 23.2 Å². The van der Waals surface area contributed by atoms with Gasteiger partial charge in [-0.2, -0.15) is 15.2 Å². The van der Waals surface area contributed by atoms with Gasteiger partial charge < -0.3 is 9.64 Å². The van der Waals surface area contributed by atoms with E-state index >= 15 is 0 Å². The van der Waals surface area contributed by atoms with Gasteiger partial charge in [-0.25, -0.2) is 13.5 Å². The summed E-state index contributed by atoms with van der Waals surface area (Å²) in [6.07, 6.45) is 2.02. The van der Waals surface area contributed by atoms with Gasteiger partial charge in [0.15, 0.2) is 11.0 Å². The molecule has 2 unspecified atom stereocenters. The molecule has 2 atom stereocenters. The molecule has 1 saturated heterocycles. The third-order valence-corrected chi connectivity index (χ3v) is 6.84. The molecule has 0 amide bonds. The fourth-order valence-electron chi connectivity index (χ4n) is 5.01. The topological polar surface area (TPSA) is 69.0 Å². The zero-order valence-electron chi connectivity index (χ0n) is 17.6. The van der Waals surface area contributed by atoms with Gasteiger partial charge in [-0.15, -0.1) is 5.10 Å². The third kappa shape index (κ3) is 5.04. The minimum absolute atomic E-state index is 0.0508. The molecule has 5 rings (SSSR count). The van der Waals surface area contributed by atoms with Gasteiger partial charge in [0.1, 0.15) is 12.3 Å². The van der Waals surface area contributed by atoms with Crippen LogP contribution in [-0.4, -0.2) is 44.5 Å². The Kier molecular flexibility index (Phi) is 6.34. The molecule has 0 spiro atoms. The Morgan fingerprint density at radius 3 is 2.61 bits per heavy atom. The summed E-state index contributed by atoms with van der Waals surface area (Å²) in [5.74, 6) is 2.24. The van der Waals surface area contributed by atoms with E-state index in [0.29, 0.717) is 45.9 Å². The molecule has 33 heavy (non-hydrogen) atoms. The van der Waals surface area contributed by atoms with Gasteiger partial charge in [-0.05, 0) is 48.8 Å². The minimum Gasteiger partial charge on any atom is -0.424 e. The van der Waals surface area contributed by atoms with Crippen LogP contribution in [0.3, 0.4) is 0 Å². The molecule has 0 N–H and O–H groups in total. The number of anilines is 1. The number of hydrogen-bond acceptors (Lipinski definition) is 6. The van der Waals surface area contributed by atoms with Crippen molar-refractivity contribution in [2.45, 2.75) is 32.2 Å². The molecule has 174 valence electrons. The highest BCUT2D eigenvalue weighted by molar-refractivity contribution is 6.30. The Morgan fingerprint density at radius 1 is 1.12 bits per heavy atom. The molecule has 1 saturated carbocycles. The fraction of sp³-hybridized carbons (Fsp3) is 0.455. The first-order valence-electron chi connectivity index (χ1n) is 10.8. The lowest BCUT2D eigenvalue weighted by molar-refractivity contribution is 0.117. The minimum atomic E-state index is -2.57. The van der Waals surface area contributed by atoms with Crippen LogP contribution in [0, 0.1) is 17.8 Å². The number of alkyl halides is 2. The molecule has 0 radical (unpaired) electrons. The number of ether oxygens (including phenoxy) is 1. The summed E-state index contributed by atoms with van der Waals surface area (Å²) in [5, 5.41) is 13.0. The molecule has 3 heterocycles. The van der Waals surface area contributed by atoms with E-state index in [0.717, 1.165) is 36.3 Å². The van der Waals surface area contributed by atoms with Crippen LogP contribution in [0.25, 0.3) is 0 Å². The van der Waals surface area contributed by atoms with Crippen molar-refractivity contribution in [2.24, 2.45) is 17.8 Å².